The third-order valence-corrected chi connectivity index (χ3v) is 4.58. The van der Waals surface area contributed by atoms with Gasteiger partial charge >= 0.3 is 6.09 Å². The average molecular weight is 268 g/mol. The molecular formula is C14H24N2O3. The van der Waals surface area contributed by atoms with Crippen LogP contribution in [0.2, 0.25) is 0 Å². The van der Waals surface area contributed by atoms with E-state index in [0.717, 1.165) is 6.42 Å². The lowest BCUT2D eigenvalue weighted by molar-refractivity contribution is -0.126. The van der Waals surface area contributed by atoms with Crippen molar-refractivity contribution in [3.8, 4) is 0 Å². The Hall–Kier alpha value is -1.26. The summed E-state index contributed by atoms with van der Waals surface area (Å²) >= 11 is 0. The van der Waals surface area contributed by atoms with Crippen LogP contribution < -0.4 is 5.73 Å². The van der Waals surface area contributed by atoms with Gasteiger partial charge in [0.1, 0.15) is 11.6 Å². The Kier molecular flexibility index (Phi) is 3.27. The van der Waals surface area contributed by atoms with Crippen LogP contribution in [0.5, 0.6) is 0 Å². The number of ether oxygens (including phenoxy) is 1. The fourth-order valence-electron chi connectivity index (χ4n) is 3.56. The molecule has 5 atom stereocenters. The van der Waals surface area contributed by atoms with Crippen molar-refractivity contribution < 1.29 is 14.3 Å². The molecule has 5 nitrogen and oxygen atoms in total. The largest absolute Gasteiger partial charge is 0.444 e. The van der Waals surface area contributed by atoms with E-state index in [-0.39, 0.29) is 12.0 Å². The second kappa shape index (κ2) is 4.39. The lowest BCUT2D eigenvalue weighted by Crippen LogP contribution is -2.56. The molecule has 2 rings (SSSR count). The first-order chi connectivity index (χ1) is 8.63. The van der Waals surface area contributed by atoms with Gasteiger partial charge in [0.2, 0.25) is 5.91 Å². The van der Waals surface area contributed by atoms with Gasteiger partial charge in [-0.3, -0.25) is 9.69 Å². The third kappa shape index (κ3) is 2.30. The third-order valence-electron chi connectivity index (χ3n) is 4.58. The van der Waals surface area contributed by atoms with Crippen molar-refractivity contribution in [2.24, 2.45) is 23.5 Å². The lowest BCUT2D eigenvalue weighted by atomic mass is 9.83. The monoisotopic (exact) mass is 268 g/mol. The minimum absolute atomic E-state index is 0.0762. The number of amides is 2. The smallest absolute Gasteiger partial charge is 0.411 e. The van der Waals surface area contributed by atoms with Crippen LogP contribution in [0.25, 0.3) is 0 Å². The van der Waals surface area contributed by atoms with Gasteiger partial charge in [-0.1, -0.05) is 13.8 Å². The lowest BCUT2D eigenvalue weighted by Gasteiger charge is -2.40. The number of fused-ring (bicyclic) bond motifs is 2. The predicted octanol–water partition coefficient (Wildman–Crippen LogP) is 1.75. The number of carbonyl (C=O) groups is 2. The summed E-state index contributed by atoms with van der Waals surface area (Å²) in [5.41, 5.74) is 4.94. The summed E-state index contributed by atoms with van der Waals surface area (Å²) in [5.74, 6) is 0.552. The number of hydrogen-bond acceptors (Lipinski definition) is 3. The highest BCUT2D eigenvalue weighted by molar-refractivity contribution is 5.86. The molecule has 1 aliphatic carbocycles. The molecule has 2 bridgehead atoms. The second-order valence-electron chi connectivity index (χ2n) is 6.92. The van der Waals surface area contributed by atoms with Gasteiger partial charge in [-0.05, 0) is 44.9 Å². The maximum absolute atomic E-state index is 12.3. The Bertz CT molecular complexity index is 402. The molecule has 1 saturated carbocycles. The Labute approximate surface area is 114 Å². The van der Waals surface area contributed by atoms with E-state index in [1.807, 2.05) is 20.8 Å². The molecule has 1 heterocycles. The summed E-state index contributed by atoms with van der Waals surface area (Å²) < 4.78 is 5.42. The fraction of sp³-hybridized carbons (Fsp3) is 0.857. The van der Waals surface area contributed by atoms with Crippen LogP contribution in [0.4, 0.5) is 4.79 Å². The van der Waals surface area contributed by atoms with Crippen LogP contribution in [0.15, 0.2) is 0 Å². The zero-order valence-electron chi connectivity index (χ0n) is 12.3. The molecule has 0 aromatic rings. The molecule has 19 heavy (non-hydrogen) atoms. The summed E-state index contributed by atoms with van der Waals surface area (Å²) in [4.78, 5) is 25.6. The maximum atomic E-state index is 12.3. The first-order valence-corrected chi connectivity index (χ1v) is 6.94. The van der Waals surface area contributed by atoms with Crippen molar-refractivity contribution >= 4 is 12.0 Å². The predicted molar refractivity (Wildman–Crippen MR) is 71.3 cm³/mol. The van der Waals surface area contributed by atoms with Gasteiger partial charge in [0.05, 0.1) is 0 Å². The van der Waals surface area contributed by atoms with E-state index in [2.05, 4.69) is 13.8 Å². The van der Waals surface area contributed by atoms with E-state index in [0.29, 0.717) is 11.8 Å². The zero-order valence-corrected chi connectivity index (χ0v) is 12.3. The van der Waals surface area contributed by atoms with E-state index < -0.39 is 23.6 Å². The normalized spacial score (nSPS) is 37.5. The maximum Gasteiger partial charge on any atom is 0.411 e. The molecule has 0 aromatic carbocycles. The fourth-order valence-corrected chi connectivity index (χ4v) is 3.56. The highest BCUT2D eigenvalue weighted by atomic mass is 16.6. The number of hydrogen-bond donors (Lipinski definition) is 1. The molecule has 0 unspecified atom stereocenters. The molecule has 108 valence electrons. The Balaban J connectivity index is 2.23. The summed E-state index contributed by atoms with van der Waals surface area (Å²) in [6.07, 6.45) is 0.442. The topological polar surface area (TPSA) is 72.6 Å². The molecule has 5 heteroatoms. The number of piperidine rings is 1. The Morgan fingerprint density at radius 2 is 1.79 bits per heavy atom. The SMILES string of the molecule is C[C@@H]1[C@H](C)[C@@H]2C[C@H]1[C@@H](C(N)=O)N2C(=O)OC(C)(C)C. The van der Waals surface area contributed by atoms with E-state index in [9.17, 15) is 9.59 Å². The first kappa shape index (κ1) is 14.2. The highest BCUT2D eigenvalue weighted by Gasteiger charge is 2.58. The van der Waals surface area contributed by atoms with Crippen LogP contribution in [-0.4, -0.2) is 34.6 Å². The van der Waals surface area contributed by atoms with Gasteiger partial charge in [0.25, 0.3) is 0 Å². The van der Waals surface area contributed by atoms with Crippen molar-refractivity contribution in [2.75, 3.05) is 0 Å². The van der Waals surface area contributed by atoms with Gasteiger partial charge < -0.3 is 10.5 Å². The van der Waals surface area contributed by atoms with Gasteiger partial charge in [-0.15, -0.1) is 0 Å². The van der Waals surface area contributed by atoms with Crippen molar-refractivity contribution in [1.82, 2.24) is 4.90 Å². The number of carbonyl (C=O) groups excluding carboxylic acids is 2. The Morgan fingerprint density at radius 1 is 1.21 bits per heavy atom. The van der Waals surface area contributed by atoms with Crippen LogP contribution in [0, 0.1) is 17.8 Å². The van der Waals surface area contributed by atoms with E-state index >= 15 is 0 Å². The number of likely N-dealkylation sites (tertiary alicyclic amines) is 1. The zero-order chi connectivity index (χ0) is 14.5. The molecule has 0 spiro atoms. The number of nitrogens with zero attached hydrogens (tertiary/aromatic N) is 1. The minimum Gasteiger partial charge on any atom is -0.444 e. The average Bonchev–Trinajstić information content (AvgIpc) is 2.74. The van der Waals surface area contributed by atoms with E-state index in [1.54, 1.807) is 4.90 Å². The highest BCUT2D eigenvalue weighted by Crippen LogP contribution is 2.49. The van der Waals surface area contributed by atoms with Gasteiger partial charge in [0, 0.05) is 6.04 Å². The van der Waals surface area contributed by atoms with Crippen molar-refractivity contribution in [1.29, 1.82) is 0 Å². The summed E-state index contributed by atoms with van der Waals surface area (Å²) in [7, 11) is 0. The molecule has 2 amide bonds. The van der Waals surface area contributed by atoms with Crippen molar-refractivity contribution in [3.05, 3.63) is 0 Å². The Morgan fingerprint density at radius 3 is 2.26 bits per heavy atom. The quantitative estimate of drug-likeness (QED) is 0.787. The van der Waals surface area contributed by atoms with Crippen LogP contribution in [0.3, 0.4) is 0 Å². The first-order valence-electron chi connectivity index (χ1n) is 6.94. The molecule has 0 radical (unpaired) electrons. The molecule has 1 saturated heterocycles. The van der Waals surface area contributed by atoms with Crippen molar-refractivity contribution in [3.63, 3.8) is 0 Å². The van der Waals surface area contributed by atoms with Crippen molar-refractivity contribution in [2.45, 2.75) is 58.7 Å². The second-order valence-corrected chi connectivity index (χ2v) is 6.92. The van der Waals surface area contributed by atoms with Crippen LogP contribution >= 0.6 is 0 Å². The van der Waals surface area contributed by atoms with Gasteiger partial charge in [-0.25, -0.2) is 4.79 Å². The number of nitrogens with two attached hydrogens (primary N) is 1. The van der Waals surface area contributed by atoms with Crippen LogP contribution in [0.1, 0.15) is 41.0 Å². The molecule has 1 aliphatic heterocycles. The molecule has 2 aliphatic rings. The van der Waals surface area contributed by atoms with E-state index in [1.165, 1.54) is 0 Å². The number of rotatable bonds is 1. The van der Waals surface area contributed by atoms with Crippen LogP contribution in [-0.2, 0) is 9.53 Å². The summed E-state index contributed by atoms with van der Waals surface area (Å²) in [6, 6.07) is -0.432. The number of primary amides is 1. The molecule has 0 aromatic heterocycles. The molecule has 2 N–H and O–H groups in total. The minimum atomic E-state index is -0.560. The van der Waals surface area contributed by atoms with Gasteiger partial charge in [-0.2, -0.15) is 0 Å². The molecular weight excluding hydrogens is 244 g/mol. The summed E-state index contributed by atoms with van der Waals surface area (Å²) in [5, 5.41) is 0. The van der Waals surface area contributed by atoms with Gasteiger partial charge in [0.15, 0.2) is 0 Å². The standard InChI is InChI=1S/C14H24N2O3/c1-7-8(2)10-6-9(7)11(12(15)17)16(10)13(18)19-14(3,4)5/h7-11H,6H2,1-5H3,(H2,15,17)/t7-,8+,9-,10+,11+/m1/s1. The summed E-state index contributed by atoms with van der Waals surface area (Å²) in [6.45, 7) is 9.74. The molecule has 2 fully saturated rings. The van der Waals surface area contributed by atoms with E-state index in [4.69, 9.17) is 10.5 Å².